The minimum atomic E-state index is -3.69. The highest BCUT2D eigenvalue weighted by Crippen LogP contribution is 2.40. The van der Waals surface area contributed by atoms with Gasteiger partial charge in [-0.3, -0.25) is 14.5 Å². The molecule has 2 aromatic carbocycles. The number of carbonyl (C=O) groups is 2. The summed E-state index contributed by atoms with van der Waals surface area (Å²) in [5.74, 6) is -0.532. The second kappa shape index (κ2) is 8.12. The van der Waals surface area contributed by atoms with E-state index in [1.807, 2.05) is 13.8 Å². The van der Waals surface area contributed by atoms with Gasteiger partial charge in [-0.15, -0.1) is 0 Å². The number of carbonyl (C=O) groups excluding carboxylic acids is 2. The third-order valence-corrected chi connectivity index (χ3v) is 7.50. The van der Waals surface area contributed by atoms with E-state index in [-0.39, 0.29) is 29.3 Å². The zero-order valence-corrected chi connectivity index (χ0v) is 18.0. The highest BCUT2D eigenvalue weighted by molar-refractivity contribution is 7.89. The molecule has 1 N–H and O–H groups in total. The first kappa shape index (κ1) is 21.3. The Morgan fingerprint density at radius 2 is 1.83 bits per heavy atom. The molecule has 0 spiro atoms. The SMILES string of the molecule is CC[C@@H](C)NC(=O)CN1C(=O)c2cccc3c(S(=O)(=O)N(CC)CC)ccc1c23. The monoisotopic (exact) mass is 417 g/mol. The van der Waals surface area contributed by atoms with E-state index >= 15 is 0 Å². The van der Waals surface area contributed by atoms with E-state index in [0.717, 1.165) is 6.42 Å². The number of hydrogen-bond donors (Lipinski definition) is 1. The summed E-state index contributed by atoms with van der Waals surface area (Å²) in [6.45, 7) is 8.09. The fraction of sp³-hybridized carbons (Fsp3) is 0.429. The summed E-state index contributed by atoms with van der Waals surface area (Å²) in [5, 5.41) is 3.96. The van der Waals surface area contributed by atoms with E-state index in [0.29, 0.717) is 35.1 Å². The molecule has 156 valence electrons. The lowest BCUT2D eigenvalue weighted by Crippen LogP contribution is -2.42. The summed E-state index contributed by atoms with van der Waals surface area (Å²) in [5.41, 5.74) is 0.990. The Bertz CT molecular complexity index is 1060. The standard InChI is InChI=1S/C21H27N3O4S/c1-5-14(4)22-19(25)13-24-17-11-12-18(29(27,28)23(6-2)7-3)15-9-8-10-16(20(15)17)21(24)26/h8-12,14H,5-7,13H2,1-4H3,(H,22,25)/t14-/m1/s1. The number of amides is 2. The maximum atomic E-state index is 13.1. The van der Waals surface area contributed by atoms with Gasteiger partial charge < -0.3 is 5.32 Å². The van der Waals surface area contributed by atoms with Crippen molar-refractivity contribution in [3.8, 4) is 0 Å². The van der Waals surface area contributed by atoms with Crippen molar-refractivity contribution in [2.75, 3.05) is 24.5 Å². The van der Waals surface area contributed by atoms with Gasteiger partial charge >= 0.3 is 0 Å². The van der Waals surface area contributed by atoms with Crippen molar-refractivity contribution in [1.82, 2.24) is 9.62 Å². The lowest BCUT2D eigenvalue weighted by atomic mass is 10.1. The molecular formula is C21H27N3O4S. The minimum absolute atomic E-state index is 0.0178. The fourth-order valence-electron chi connectivity index (χ4n) is 3.67. The van der Waals surface area contributed by atoms with Crippen LogP contribution in [0.5, 0.6) is 0 Å². The first-order valence-corrected chi connectivity index (χ1v) is 11.4. The summed E-state index contributed by atoms with van der Waals surface area (Å²) in [6, 6.07) is 8.26. The number of nitrogens with zero attached hydrogens (tertiary/aromatic N) is 2. The number of sulfonamides is 1. The molecule has 0 aliphatic carbocycles. The first-order chi connectivity index (χ1) is 13.8. The van der Waals surface area contributed by atoms with E-state index in [2.05, 4.69) is 5.32 Å². The molecule has 0 aromatic heterocycles. The second-order valence-corrected chi connectivity index (χ2v) is 9.07. The summed E-state index contributed by atoms with van der Waals surface area (Å²) < 4.78 is 27.6. The van der Waals surface area contributed by atoms with Crippen molar-refractivity contribution in [2.45, 2.75) is 45.1 Å². The van der Waals surface area contributed by atoms with Crippen molar-refractivity contribution >= 4 is 38.3 Å². The van der Waals surface area contributed by atoms with Gasteiger partial charge in [-0.2, -0.15) is 4.31 Å². The third-order valence-electron chi connectivity index (χ3n) is 5.39. The maximum absolute atomic E-state index is 13.1. The lowest BCUT2D eigenvalue weighted by molar-refractivity contribution is -0.120. The molecule has 0 radical (unpaired) electrons. The van der Waals surface area contributed by atoms with Crippen LogP contribution < -0.4 is 10.2 Å². The largest absolute Gasteiger partial charge is 0.352 e. The molecule has 7 nitrogen and oxygen atoms in total. The minimum Gasteiger partial charge on any atom is -0.352 e. The van der Waals surface area contributed by atoms with Crippen LogP contribution in [-0.4, -0.2) is 50.2 Å². The molecule has 0 bridgehead atoms. The molecule has 1 heterocycles. The van der Waals surface area contributed by atoms with Crippen LogP contribution in [0.25, 0.3) is 10.8 Å². The van der Waals surface area contributed by atoms with Gasteiger partial charge in [-0.25, -0.2) is 8.42 Å². The highest BCUT2D eigenvalue weighted by atomic mass is 32.2. The van der Waals surface area contributed by atoms with Crippen LogP contribution in [0.1, 0.15) is 44.5 Å². The van der Waals surface area contributed by atoms with Crippen molar-refractivity contribution in [3.05, 3.63) is 35.9 Å². The highest BCUT2D eigenvalue weighted by Gasteiger charge is 2.34. The smallest absolute Gasteiger partial charge is 0.259 e. The zero-order valence-electron chi connectivity index (χ0n) is 17.2. The molecule has 0 fully saturated rings. The van der Waals surface area contributed by atoms with E-state index in [9.17, 15) is 18.0 Å². The third kappa shape index (κ3) is 3.62. The zero-order chi connectivity index (χ0) is 21.3. The van der Waals surface area contributed by atoms with Crippen LogP contribution in [0.4, 0.5) is 5.69 Å². The van der Waals surface area contributed by atoms with Crippen LogP contribution in [-0.2, 0) is 14.8 Å². The van der Waals surface area contributed by atoms with Gasteiger partial charge in [0.25, 0.3) is 5.91 Å². The molecule has 2 aromatic rings. The van der Waals surface area contributed by atoms with Crippen molar-refractivity contribution in [1.29, 1.82) is 0 Å². The Morgan fingerprint density at radius 1 is 1.14 bits per heavy atom. The van der Waals surface area contributed by atoms with Gasteiger partial charge in [-0.1, -0.05) is 32.9 Å². The molecule has 1 aliphatic heterocycles. The normalized spacial score (nSPS) is 14.7. The van der Waals surface area contributed by atoms with Crippen molar-refractivity contribution in [3.63, 3.8) is 0 Å². The summed E-state index contributed by atoms with van der Waals surface area (Å²) in [6.07, 6.45) is 0.794. The molecular weight excluding hydrogens is 390 g/mol. The molecule has 8 heteroatoms. The van der Waals surface area contributed by atoms with Gasteiger partial charge in [0.05, 0.1) is 10.6 Å². The number of benzene rings is 2. The number of hydrogen-bond acceptors (Lipinski definition) is 4. The fourth-order valence-corrected chi connectivity index (χ4v) is 5.32. The van der Waals surface area contributed by atoms with Gasteiger partial charge in [0.15, 0.2) is 0 Å². The average molecular weight is 418 g/mol. The summed E-state index contributed by atoms with van der Waals surface area (Å²) >= 11 is 0. The number of anilines is 1. The van der Waals surface area contributed by atoms with Crippen molar-refractivity contribution in [2.24, 2.45) is 0 Å². The van der Waals surface area contributed by atoms with Crippen LogP contribution in [0.2, 0.25) is 0 Å². The Hall–Kier alpha value is -2.45. The molecule has 0 saturated heterocycles. The summed E-state index contributed by atoms with van der Waals surface area (Å²) in [4.78, 5) is 26.9. The topological polar surface area (TPSA) is 86.8 Å². The molecule has 0 unspecified atom stereocenters. The van der Waals surface area contributed by atoms with Crippen molar-refractivity contribution < 1.29 is 18.0 Å². The van der Waals surface area contributed by atoms with Crippen LogP contribution >= 0.6 is 0 Å². The maximum Gasteiger partial charge on any atom is 0.259 e. The van der Waals surface area contributed by atoms with Crippen LogP contribution in [0, 0.1) is 0 Å². The molecule has 2 amide bonds. The lowest BCUT2D eigenvalue weighted by Gasteiger charge is -2.21. The van der Waals surface area contributed by atoms with Gasteiger partial charge in [-0.05, 0) is 31.5 Å². The Labute approximate surface area is 171 Å². The molecule has 29 heavy (non-hydrogen) atoms. The number of rotatable bonds is 8. The summed E-state index contributed by atoms with van der Waals surface area (Å²) in [7, 11) is -3.69. The van der Waals surface area contributed by atoms with Gasteiger partial charge in [0.2, 0.25) is 15.9 Å². The quantitative estimate of drug-likeness (QED) is 0.716. The number of nitrogens with one attached hydrogen (secondary N) is 1. The van der Waals surface area contributed by atoms with Crippen LogP contribution in [0.3, 0.4) is 0 Å². The van der Waals surface area contributed by atoms with E-state index in [1.54, 1.807) is 38.1 Å². The second-order valence-electron chi connectivity index (χ2n) is 7.17. The first-order valence-electron chi connectivity index (χ1n) is 9.93. The molecule has 1 aliphatic rings. The molecule has 1 atom stereocenters. The molecule has 0 saturated carbocycles. The van der Waals surface area contributed by atoms with E-state index in [1.165, 1.54) is 15.3 Å². The Kier molecular flexibility index (Phi) is 5.95. The predicted octanol–water partition coefficient (Wildman–Crippen LogP) is 2.75. The van der Waals surface area contributed by atoms with E-state index in [4.69, 9.17) is 0 Å². The molecule has 3 rings (SSSR count). The Morgan fingerprint density at radius 3 is 2.45 bits per heavy atom. The van der Waals surface area contributed by atoms with Gasteiger partial charge in [0, 0.05) is 35.5 Å². The Balaban J connectivity index is 2.08. The van der Waals surface area contributed by atoms with Gasteiger partial charge in [0.1, 0.15) is 6.54 Å². The predicted molar refractivity (Wildman–Crippen MR) is 114 cm³/mol. The van der Waals surface area contributed by atoms with Crippen LogP contribution in [0.15, 0.2) is 35.2 Å². The average Bonchev–Trinajstić information content (AvgIpc) is 2.96. The van der Waals surface area contributed by atoms with E-state index < -0.39 is 10.0 Å².